The van der Waals surface area contributed by atoms with Crippen molar-refractivity contribution >= 4 is 28.6 Å². The lowest BCUT2D eigenvalue weighted by Crippen LogP contribution is -2.27. The van der Waals surface area contributed by atoms with Crippen molar-refractivity contribution in [2.45, 2.75) is 13.0 Å². The Morgan fingerprint density at radius 1 is 1.08 bits per heavy atom. The lowest BCUT2D eigenvalue weighted by atomic mass is 10.1. The molecule has 1 aliphatic heterocycles. The van der Waals surface area contributed by atoms with Crippen LogP contribution in [0.2, 0.25) is 5.02 Å². The Labute approximate surface area is 153 Å². The van der Waals surface area contributed by atoms with Crippen LogP contribution in [0, 0.1) is 0 Å². The van der Waals surface area contributed by atoms with Gasteiger partial charge in [-0.1, -0.05) is 60.2 Å². The molecule has 3 heteroatoms. The van der Waals surface area contributed by atoms with Crippen LogP contribution in [0.5, 0.6) is 0 Å². The molecule has 2 nitrogen and oxygen atoms in total. The van der Waals surface area contributed by atoms with E-state index in [9.17, 15) is 0 Å². The third kappa shape index (κ3) is 3.87. The highest BCUT2D eigenvalue weighted by Gasteiger charge is 2.13. The second-order valence-electron chi connectivity index (χ2n) is 6.41. The van der Waals surface area contributed by atoms with Crippen molar-refractivity contribution in [2.24, 2.45) is 0 Å². The molecule has 0 saturated carbocycles. The fourth-order valence-electron chi connectivity index (χ4n) is 3.23. The Balaban J connectivity index is 1.40. The maximum absolute atomic E-state index is 6.03. The first-order chi connectivity index (χ1) is 12.3. The average molecular weight is 350 g/mol. The van der Waals surface area contributed by atoms with E-state index < -0.39 is 0 Å². The molecule has 0 fully saturated rings. The number of para-hydroxylation sites is 1. The van der Waals surface area contributed by atoms with Crippen molar-refractivity contribution in [3.05, 3.63) is 88.7 Å². The van der Waals surface area contributed by atoms with Gasteiger partial charge in [-0.2, -0.15) is 0 Å². The van der Waals surface area contributed by atoms with E-state index in [1.54, 1.807) is 0 Å². The molecule has 3 aromatic rings. The number of allylic oxidation sites excluding steroid dienone is 1. The van der Waals surface area contributed by atoms with E-state index in [2.05, 4.69) is 41.3 Å². The molecule has 0 radical (unpaired) electrons. The zero-order valence-corrected chi connectivity index (χ0v) is 14.7. The number of hydrogen-bond acceptors (Lipinski definition) is 2. The molecule has 0 spiro atoms. The number of hydrogen-bond donors (Lipinski definition) is 0. The molecule has 0 saturated heterocycles. The summed E-state index contributed by atoms with van der Waals surface area (Å²) in [6.45, 7) is 2.96. The minimum absolute atomic E-state index is 0.776. The second-order valence-corrected chi connectivity index (χ2v) is 6.85. The van der Waals surface area contributed by atoms with Crippen LogP contribution in [0.1, 0.15) is 17.5 Å². The molecule has 1 aliphatic rings. The highest BCUT2D eigenvalue weighted by atomic mass is 35.5. The van der Waals surface area contributed by atoms with Gasteiger partial charge in [0.2, 0.25) is 0 Å². The van der Waals surface area contributed by atoms with Crippen molar-refractivity contribution in [1.82, 2.24) is 4.90 Å². The first-order valence-corrected chi connectivity index (χ1v) is 8.96. The lowest BCUT2D eigenvalue weighted by molar-refractivity contribution is 0.287. The molecule has 1 aromatic heterocycles. The third-order valence-electron chi connectivity index (χ3n) is 4.62. The Hall–Kier alpha value is -2.29. The van der Waals surface area contributed by atoms with E-state index in [0.717, 1.165) is 42.2 Å². The summed E-state index contributed by atoms with van der Waals surface area (Å²) < 4.78 is 5.64. The summed E-state index contributed by atoms with van der Waals surface area (Å²) in [7, 11) is 0. The van der Waals surface area contributed by atoms with Crippen LogP contribution in [-0.4, -0.2) is 18.0 Å². The van der Waals surface area contributed by atoms with Crippen molar-refractivity contribution in [3.8, 4) is 0 Å². The van der Waals surface area contributed by atoms with Gasteiger partial charge in [0.15, 0.2) is 0 Å². The summed E-state index contributed by atoms with van der Waals surface area (Å²) in [4.78, 5) is 2.45. The van der Waals surface area contributed by atoms with Crippen molar-refractivity contribution in [2.75, 3.05) is 13.1 Å². The molecule has 2 aromatic carbocycles. The summed E-state index contributed by atoms with van der Waals surface area (Å²) in [6, 6.07) is 16.2. The zero-order valence-electron chi connectivity index (χ0n) is 14.0. The molecule has 2 heterocycles. The molecule has 0 N–H and O–H groups in total. The minimum atomic E-state index is 0.776. The van der Waals surface area contributed by atoms with Gasteiger partial charge in [-0.05, 0) is 35.8 Å². The highest BCUT2D eigenvalue weighted by Crippen LogP contribution is 2.24. The van der Waals surface area contributed by atoms with Gasteiger partial charge >= 0.3 is 0 Å². The molecule has 126 valence electrons. The number of fused-ring (bicyclic) bond motifs is 1. The molecule has 0 aliphatic carbocycles. The molecular formula is C22H20ClNO. The van der Waals surface area contributed by atoms with Crippen molar-refractivity contribution in [1.29, 1.82) is 0 Å². The summed E-state index contributed by atoms with van der Waals surface area (Å²) in [5, 5.41) is 2.00. The van der Waals surface area contributed by atoms with Crippen LogP contribution in [0.25, 0.3) is 17.0 Å². The molecule has 0 atom stereocenters. The van der Waals surface area contributed by atoms with Gasteiger partial charge in [-0.3, -0.25) is 4.90 Å². The van der Waals surface area contributed by atoms with Crippen LogP contribution >= 0.6 is 11.6 Å². The Morgan fingerprint density at radius 3 is 2.84 bits per heavy atom. The van der Waals surface area contributed by atoms with Crippen molar-refractivity contribution in [3.63, 3.8) is 0 Å². The van der Waals surface area contributed by atoms with E-state index in [-0.39, 0.29) is 0 Å². The number of benzene rings is 2. The van der Waals surface area contributed by atoms with Gasteiger partial charge < -0.3 is 4.42 Å². The fraction of sp³-hybridized carbons (Fsp3) is 0.182. The predicted molar refractivity (Wildman–Crippen MR) is 105 cm³/mol. The number of nitrogens with zero attached hydrogens (tertiary/aromatic N) is 1. The number of halogens is 1. The summed E-state index contributed by atoms with van der Waals surface area (Å²) in [5.74, 6) is 0. The summed E-state index contributed by atoms with van der Waals surface area (Å²) in [5.41, 5.74) is 4.76. The van der Waals surface area contributed by atoms with Crippen LogP contribution in [-0.2, 0) is 6.54 Å². The molecular weight excluding hydrogens is 330 g/mol. The van der Waals surface area contributed by atoms with Gasteiger partial charge in [-0.15, -0.1) is 0 Å². The first kappa shape index (κ1) is 16.2. The Morgan fingerprint density at radius 2 is 2.00 bits per heavy atom. The van der Waals surface area contributed by atoms with E-state index in [4.69, 9.17) is 16.0 Å². The maximum Gasteiger partial charge on any atom is 0.134 e. The standard InChI is InChI=1S/C22H20ClNO/c23-20-5-3-4-18(14-20)9-8-17-10-12-24(13-11-17)15-19-16-25-22-7-2-1-6-21(19)22/h1-10,14,16H,11-13,15H2. The largest absolute Gasteiger partial charge is 0.464 e. The van der Waals surface area contributed by atoms with E-state index >= 15 is 0 Å². The molecule has 25 heavy (non-hydrogen) atoms. The van der Waals surface area contributed by atoms with Crippen molar-refractivity contribution < 1.29 is 4.42 Å². The predicted octanol–water partition coefficient (Wildman–Crippen LogP) is 5.93. The zero-order chi connectivity index (χ0) is 17.1. The maximum atomic E-state index is 6.03. The molecule has 0 unspecified atom stereocenters. The topological polar surface area (TPSA) is 16.4 Å². The first-order valence-electron chi connectivity index (χ1n) is 8.58. The smallest absolute Gasteiger partial charge is 0.134 e. The Kier molecular flexibility index (Phi) is 4.73. The highest BCUT2D eigenvalue weighted by molar-refractivity contribution is 6.30. The molecule has 4 rings (SSSR count). The van der Waals surface area contributed by atoms with E-state index in [0.29, 0.717) is 0 Å². The van der Waals surface area contributed by atoms with Gasteiger partial charge in [0.25, 0.3) is 0 Å². The SMILES string of the molecule is Clc1cccc(C=CC2=CCN(Cc3coc4ccccc34)CC2)c1. The van der Waals surface area contributed by atoms with Gasteiger partial charge in [-0.25, -0.2) is 0 Å². The minimum Gasteiger partial charge on any atom is -0.464 e. The van der Waals surface area contributed by atoms with Crippen LogP contribution in [0.15, 0.2) is 76.9 Å². The van der Waals surface area contributed by atoms with Crippen LogP contribution in [0.3, 0.4) is 0 Å². The molecule has 0 bridgehead atoms. The van der Waals surface area contributed by atoms with Gasteiger partial charge in [0.05, 0.1) is 6.26 Å². The number of furan rings is 1. The Bertz CT molecular complexity index is 938. The number of rotatable bonds is 4. The molecule has 0 amide bonds. The quantitative estimate of drug-likeness (QED) is 0.580. The van der Waals surface area contributed by atoms with Crippen LogP contribution in [0.4, 0.5) is 0 Å². The lowest BCUT2D eigenvalue weighted by Gasteiger charge is -2.25. The van der Waals surface area contributed by atoms with E-state index in [1.807, 2.05) is 36.6 Å². The van der Waals surface area contributed by atoms with Crippen LogP contribution < -0.4 is 0 Å². The fourth-order valence-corrected chi connectivity index (χ4v) is 3.43. The summed E-state index contributed by atoms with van der Waals surface area (Å²) in [6.07, 6.45) is 9.61. The van der Waals surface area contributed by atoms with Gasteiger partial charge in [0, 0.05) is 35.6 Å². The third-order valence-corrected chi connectivity index (χ3v) is 4.86. The second kappa shape index (κ2) is 7.30. The van der Waals surface area contributed by atoms with E-state index in [1.165, 1.54) is 16.5 Å². The normalized spacial score (nSPS) is 15.8. The monoisotopic (exact) mass is 349 g/mol. The summed E-state index contributed by atoms with van der Waals surface area (Å²) >= 11 is 6.03. The average Bonchev–Trinajstić information content (AvgIpc) is 3.04. The van der Waals surface area contributed by atoms with Gasteiger partial charge in [0.1, 0.15) is 5.58 Å².